The summed E-state index contributed by atoms with van der Waals surface area (Å²) in [5.41, 5.74) is 8.75. The molecule has 0 amide bonds. The summed E-state index contributed by atoms with van der Waals surface area (Å²) in [7, 11) is 0. The van der Waals surface area contributed by atoms with Crippen LogP contribution in [0.3, 0.4) is 0 Å². The molecule has 1 aromatic carbocycles. The molecule has 2 rings (SSSR count). The smallest absolute Gasteiger partial charge is 0.250 e. The predicted molar refractivity (Wildman–Crippen MR) is 84.2 cm³/mol. The summed E-state index contributed by atoms with van der Waals surface area (Å²) in [4.78, 5) is 14.0. The molecule has 4 heteroatoms. The van der Waals surface area contributed by atoms with Gasteiger partial charge in [0.2, 0.25) is 0 Å². The highest BCUT2D eigenvalue weighted by atomic mass is 16.1. The number of aryl methyl sites for hydroxylation is 1. The number of nitrogens with two attached hydrogens (primary N) is 1. The Balaban J connectivity index is 2.11. The first-order chi connectivity index (χ1) is 9.60. The molecule has 0 aliphatic rings. The molecule has 0 saturated carbocycles. The zero-order valence-electron chi connectivity index (χ0n) is 12.0. The fourth-order valence-corrected chi connectivity index (χ4v) is 2.25. The summed E-state index contributed by atoms with van der Waals surface area (Å²) in [6.07, 6.45) is 1.70. The van der Waals surface area contributed by atoms with Crippen LogP contribution in [0, 0.1) is 6.92 Å². The van der Waals surface area contributed by atoms with Gasteiger partial charge in [0.05, 0.1) is 0 Å². The Labute approximate surface area is 119 Å². The molecule has 0 unspecified atom stereocenters. The molecule has 0 fully saturated rings. The number of hydrogen-bond donors (Lipinski definition) is 1. The highest BCUT2D eigenvalue weighted by molar-refractivity contribution is 5.48. The molecule has 4 nitrogen and oxygen atoms in total. The Bertz CT molecular complexity index is 634. The van der Waals surface area contributed by atoms with E-state index in [1.165, 1.54) is 17.3 Å². The molecule has 0 radical (unpaired) electrons. The third kappa shape index (κ3) is 3.41. The highest BCUT2D eigenvalue weighted by Crippen LogP contribution is 2.15. The van der Waals surface area contributed by atoms with E-state index in [-0.39, 0.29) is 5.56 Å². The minimum absolute atomic E-state index is 0.0144. The molecule has 20 heavy (non-hydrogen) atoms. The van der Waals surface area contributed by atoms with Crippen molar-refractivity contribution >= 4 is 11.4 Å². The van der Waals surface area contributed by atoms with Crippen LogP contribution in [0.2, 0.25) is 0 Å². The number of benzene rings is 1. The van der Waals surface area contributed by atoms with Gasteiger partial charge in [-0.2, -0.15) is 0 Å². The first-order valence-corrected chi connectivity index (χ1v) is 6.87. The van der Waals surface area contributed by atoms with Crippen LogP contribution in [-0.4, -0.2) is 17.7 Å². The minimum Gasteiger partial charge on any atom is -0.398 e. The van der Waals surface area contributed by atoms with E-state index < -0.39 is 0 Å². The Hall–Kier alpha value is -2.23. The van der Waals surface area contributed by atoms with Crippen molar-refractivity contribution in [2.45, 2.75) is 20.4 Å². The summed E-state index contributed by atoms with van der Waals surface area (Å²) in [6.45, 7) is 6.51. The van der Waals surface area contributed by atoms with Gasteiger partial charge in [0.1, 0.15) is 0 Å². The first-order valence-electron chi connectivity index (χ1n) is 6.87. The molecule has 0 aliphatic heterocycles. The highest BCUT2D eigenvalue weighted by Gasteiger charge is 2.05. The lowest BCUT2D eigenvalue weighted by Crippen LogP contribution is -2.30. The van der Waals surface area contributed by atoms with Crippen molar-refractivity contribution in [2.75, 3.05) is 23.7 Å². The molecule has 0 atom stereocenters. The van der Waals surface area contributed by atoms with Gasteiger partial charge in [-0.15, -0.1) is 0 Å². The van der Waals surface area contributed by atoms with Gasteiger partial charge in [0.15, 0.2) is 0 Å². The average molecular weight is 271 g/mol. The third-order valence-electron chi connectivity index (χ3n) is 3.37. The fraction of sp³-hybridized carbons (Fsp3) is 0.312. The van der Waals surface area contributed by atoms with E-state index in [4.69, 9.17) is 5.73 Å². The van der Waals surface area contributed by atoms with Crippen LogP contribution in [0.4, 0.5) is 11.4 Å². The van der Waals surface area contributed by atoms with Gasteiger partial charge in [0, 0.05) is 43.3 Å². The van der Waals surface area contributed by atoms with E-state index >= 15 is 0 Å². The maximum absolute atomic E-state index is 11.8. The van der Waals surface area contributed by atoms with Crippen molar-refractivity contribution < 1.29 is 0 Å². The number of likely N-dealkylation sites (N-methyl/N-ethyl adjacent to an activating group) is 1. The van der Waals surface area contributed by atoms with Gasteiger partial charge in [-0.1, -0.05) is 12.1 Å². The zero-order valence-corrected chi connectivity index (χ0v) is 12.0. The van der Waals surface area contributed by atoms with Crippen molar-refractivity contribution in [3.05, 3.63) is 58.5 Å². The summed E-state index contributed by atoms with van der Waals surface area (Å²) in [5.74, 6) is 0. The predicted octanol–water partition coefficient (Wildman–Crippen LogP) is 2.27. The molecule has 2 aromatic rings. The number of hydrogen-bond acceptors (Lipinski definition) is 3. The van der Waals surface area contributed by atoms with Gasteiger partial charge >= 0.3 is 0 Å². The van der Waals surface area contributed by atoms with Crippen LogP contribution < -0.4 is 16.2 Å². The van der Waals surface area contributed by atoms with E-state index in [9.17, 15) is 4.79 Å². The lowest BCUT2D eigenvalue weighted by Gasteiger charge is -2.24. The normalized spacial score (nSPS) is 10.5. The second-order valence-corrected chi connectivity index (χ2v) is 4.91. The molecule has 1 aromatic heterocycles. The van der Waals surface area contributed by atoms with Crippen LogP contribution in [-0.2, 0) is 6.54 Å². The van der Waals surface area contributed by atoms with E-state index in [1.54, 1.807) is 16.8 Å². The Morgan fingerprint density at radius 1 is 1.25 bits per heavy atom. The van der Waals surface area contributed by atoms with Gasteiger partial charge < -0.3 is 15.2 Å². The van der Waals surface area contributed by atoms with Crippen LogP contribution >= 0.6 is 0 Å². The van der Waals surface area contributed by atoms with E-state index in [2.05, 4.69) is 43.0 Å². The number of nitrogen functional groups attached to an aromatic ring is 1. The molecule has 0 aliphatic carbocycles. The summed E-state index contributed by atoms with van der Waals surface area (Å²) >= 11 is 0. The Kier molecular flexibility index (Phi) is 4.45. The van der Waals surface area contributed by atoms with Crippen LogP contribution in [0.5, 0.6) is 0 Å². The number of rotatable bonds is 5. The number of pyridine rings is 1. The van der Waals surface area contributed by atoms with Gasteiger partial charge in [-0.25, -0.2) is 0 Å². The topological polar surface area (TPSA) is 51.3 Å². The summed E-state index contributed by atoms with van der Waals surface area (Å²) in [5, 5.41) is 0. The van der Waals surface area contributed by atoms with Crippen molar-refractivity contribution in [3.63, 3.8) is 0 Å². The largest absolute Gasteiger partial charge is 0.398 e. The quantitative estimate of drug-likeness (QED) is 0.907. The number of aromatic nitrogens is 1. The lowest BCUT2D eigenvalue weighted by molar-refractivity contribution is 0.646. The van der Waals surface area contributed by atoms with E-state index in [1.807, 2.05) is 0 Å². The maximum Gasteiger partial charge on any atom is 0.250 e. The van der Waals surface area contributed by atoms with Crippen molar-refractivity contribution in [2.24, 2.45) is 0 Å². The van der Waals surface area contributed by atoms with Crippen LogP contribution in [0.1, 0.15) is 12.5 Å². The number of nitrogens with zero attached hydrogens (tertiary/aromatic N) is 2. The van der Waals surface area contributed by atoms with E-state index in [0.29, 0.717) is 12.2 Å². The molecular weight excluding hydrogens is 250 g/mol. The molecule has 1 heterocycles. The SMILES string of the molecule is CCN(CCn1cc(N)ccc1=O)c1cccc(C)c1. The number of anilines is 2. The molecule has 2 N–H and O–H groups in total. The van der Waals surface area contributed by atoms with Crippen molar-refractivity contribution in [1.82, 2.24) is 4.57 Å². The van der Waals surface area contributed by atoms with Crippen molar-refractivity contribution in [1.29, 1.82) is 0 Å². The zero-order chi connectivity index (χ0) is 14.5. The standard InChI is InChI=1S/C16H21N3O/c1-3-18(15-6-4-5-13(2)11-15)9-10-19-12-14(17)7-8-16(19)20/h4-8,11-12H,3,9-10,17H2,1-2H3. The van der Waals surface area contributed by atoms with E-state index in [0.717, 1.165) is 13.1 Å². The lowest BCUT2D eigenvalue weighted by atomic mass is 10.2. The second kappa shape index (κ2) is 6.28. The van der Waals surface area contributed by atoms with Gasteiger partial charge in [-0.3, -0.25) is 4.79 Å². The monoisotopic (exact) mass is 271 g/mol. The van der Waals surface area contributed by atoms with Crippen LogP contribution in [0.25, 0.3) is 0 Å². The molecule has 0 saturated heterocycles. The van der Waals surface area contributed by atoms with Gasteiger partial charge in [-0.05, 0) is 37.6 Å². The third-order valence-corrected chi connectivity index (χ3v) is 3.37. The summed E-state index contributed by atoms with van der Waals surface area (Å²) in [6, 6.07) is 11.5. The molecule has 0 spiro atoms. The Morgan fingerprint density at radius 3 is 2.75 bits per heavy atom. The molecule has 106 valence electrons. The molecular formula is C16H21N3O. The second-order valence-electron chi connectivity index (χ2n) is 4.91. The van der Waals surface area contributed by atoms with Crippen molar-refractivity contribution in [3.8, 4) is 0 Å². The first kappa shape index (κ1) is 14.2. The molecule has 0 bridgehead atoms. The maximum atomic E-state index is 11.8. The fourth-order valence-electron chi connectivity index (χ4n) is 2.25. The average Bonchev–Trinajstić information content (AvgIpc) is 2.43. The minimum atomic E-state index is -0.0144. The van der Waals surface area contributed by atoms with Gasteiger partial charge in [0.25, 0.3) is 5.56 Å². The Morgan fingerprint density at radius 2 is 2.05 bits per heavy atom. The summed E-state index contributed by atoms with van der Waals surface area (Å²) < 4.78 is 1.66. The van der Waals surface area contributed by atoms with Crippen LogP contribution in [0.15, 0.2) is 47.4 Å².